The van der Waals surface area contributed by atoms with Crippen LogP contribution in [0.1, 0.15) is 31.2 Å². The van der Waals surface area contributed by atoms with Gasteiger partial charge in [0.1, 0.15) is 0 Å². The maximum Gasteiger partial charge on any atom is 0.227 e. The molecule has 2 N–H and O–H groups in total. The average Bonchev–Trinajstić information content (AvgIpc) is 3.12. The molecule has 1 saturated carbocycles. The topological polar surface area (TPSA) is 46.3 Å². The fourth-order valence-electron chi connectivity index (χ4n) is 2.94. The van der Waals surface area contributed by atoms with Gasteiger partial charge in [-0.15, -0.1) is 0 Å². The van der Waals surface area contributed by atoms with Crippen LogP contribution in [-0.2, 0) is 11.2 Å². The molecular formula is C15H18N2OS. The molecule has 1 amide bonds. The zero-order valence-corrected chi connectivity index (χ0v) is 11.7. The molecule has 0 spiro atoms. The number of thiocarbonyl (C=S) groups is 1. The van der Waals surface area contributed by atoms with Crippen molar-refractivity contribution in [2.45, 2.75) is 32.1 Å². The first kappa shape index (κ1) is 12.6. The second-order valence-corrected chi connectivity index (χ2v) is 6.28. The van der Waals surface area contributed by atoms with E-state index in [1.54, 1.807) is 0 Å². The van der Waals surface area contributed by atoms with Gasteiger partial charge in [-0.2, -0.15) is 0 Å². The monoisotopic (exact) mass is 274 g/mol. The molecule has 19 heavy (non-hydrogen) atoms. The van der Waals surface area contributed by atoms with Gasteiger partial charge in [-0.3, -0.25) is 4.79 Å². The maximum atomic E-state index is 12.2. The lowest BCUT2D eigenvalue weighted by Gasteiger charge is -2.32. The highest BCUT2D eigenvalue weighted by atomic mass is 32.1. The second kappa shape index (κ2) is 4.60. The molecule has 1 heterocycles. The van der Waals surface area contributed by atoms with Crippen molar-refractivity contribution in [3.8, 4) is 0 Å². The van der Waals surface area contributed by atoms with Crippen molar-refractivity contribution in [3.63, 3.8) is 0 Å². The van der Waals surface area contributed by atoms with Crippen LogP contribution in [0.4, 0.5) is 5.69 Å². The zero-order chi connectivity index (χ0) is 13.5. The van der Waals surface area contributed by atoms with E-state index < -0.39 is 0 Å². The lowest BCUT2D eigenvalue weighted by atomic mass is 9.96. The van der Waals surface area contributed by atoms with Gasteiger partial charge in [0.25, 0.3) is 0 Å². The summed E-state index contributed by atoms with van der Waals surface area (Å²) in [5, 5.41) is 0. The first-order valence-corrected chi connectivity index (χ1v) is 7.17. The number of anilines is 1. The molecule has 3 nitrogen and oxygen atoms in total. The number of amides is 1. The largest absolute Gasteiger partial charge is 0.393 e. The maximum absolute atomic E-state index is 12.2. The normalized spacial score (nSPS) is 20.0. The molecule has 0 atom stereocenters. The van der Waals surface area contributed by atoms with Gasteiger partial charge in [0.05, 0.1) is 4.99 Å². The van der Waals surface area contributed by atoms with Gasteiger partial charge in [-0.05, 0) is 36.3 Å². The Morgan fingerprint density at radius 2 is 2.05 bits per heavy atom. The third kappa shape index (κ3) is 2.50. The molecular weight excluding hydrogens is 256 g/mol. The van der Waals surface area contributed by atoms with Crippen LogP contribution in [0.3, 0.4) is 0 Å². The Hall–Kier alpha value is -1.42. The van der Waals surface area contributed by atoms with Crippen LogP contribution in [-0.4, -0.2) is 17.4 Å². The molecule has 100 valence electrons. The number of hydrogen-bond acceptors (Lipinski definition) is 2. The molecule has 0 aromatic heterocycles. The molecule has 1 aromatic rings. The van der Waals surface area contributed by atoms with E-state index in [1.807, 2.05) is 23.1 Å². The minimum Gasteiger partial charge on any atom is -0.393 e. The van der Waals surface area contributed by atoms with Crippen LogP contribution in [0.5, 0.6) is 0 Å². The van der Waals surface area contributed by atoms with Gasteiger partial charge in [0.2, 0.25) is 5.91 Å². The number of benzene rings is 1. The van der Waals surface area contributed by atoms with Gasteiger partial charge in [-0.1, -0.05) is 30.4 Å². The molecule has 0 bridgehead atoms. The molecule has 2 aliphatic rings. The number of fused-ring (bicyclic) bond motifs is 1. The van der Waals surface area contributed by atoms with Crippen LogP contribution in [0.25, 0.3) is 0 Å². The molecule has 1 aliphatic carbocycles. The summed E-state index contributed by atoms with van der Waals surface area (Å²) in [6, 6.07) is 8.19. The van der Waals surface area contributed by atoms with Crippen molar-refractivity contribution in [3.05, 3.63) is 29.8 Å². The van der Waals surface area contributed by atoms with E-state index in [1.165, 1.54) is 5.56 Å². The van der Waals surface area contributed by atoms with Crippen LogP contribution >= 0.6 is 12.2 Å². The third-order valence-corrected chi connectivity index (χ3v) is 4.34. The number of rotatable bonds is 4. The van der Waals surface area contributed by atoms with Crippen LogP contribution in [0, 0.1) is 5.41 Å². The summed E-state index contributed by atoms with van der Waals surface area (Å²) in [6.45, 7) is 0.764. The highest BCUT2D eigenvalue weighted by Gasteiger charge is 2.45. The van der Waals surface area contributed by atoms with Crippen molar-refractivity contribution >= 4 is 28.8 Å². The summed E-state index contributed by atoms with van der Waals surface area (Å²) in [5.74, 6) is 0.230. The van der Waals surface area contributed by atoms with Crippen molar-refractivity contribution in [2.75, 3.05) is 11.4 Å². The fraction of sp³-hybridized carbons (Fsp3) is 0.467. The smallest absolute Gasteiger partial charge is 0.227 e. The highest BCUT2D eigenvalue weighted by molar-refractivity contribution is 7.80. The molecule has 4 heteroatoms. The first-order valence-electron chi connectivity index (χ1n) is 6.76. The van der Waals surface area contributed by atoms with Gasteiger partial charge in [0.15, 0.2) is 0 Å². The van der Waals surface area contributed by atoms with Crippen molar-refractivity contribution < 1.29 is 4.79 Å². The van der Waals surface area contributed by atoms with Crippen LogP contribution < -0.4 is 10.6 Å². The van der Waals surface area contributed by atoms with Crippen molar-refractivity contribution in [2.24, 2.45) is 11.1 Å². The quantitative estimate of drug-likeness (QED) is 0.858. The summed E-state index contributed by atoms with van der Waals surface area (Å²) in [6.07, 6.45) is 4.47. The van der Waals surface area contributed by atoms with Gasteiger partial charge >= 0.3 is 0 Å². The van der Waals surface area contributed by atoms with E-state index in [-0.39, 0.29) is 11.3 Å². The molecule has 3 rings (SSSR count). The molecule has 0 saturated heterocycles. The number of carbonyl (C=O) groups excluding carboxylic acids is 1. The minimum absolute atomic E-state index is 0.145. The van der Waals surface area contributed by atoms with E-state index in [4.69, 9.17) is 18.0 Å². The van der Waals surface area contributed by atoms with Gasteiger partial charge in [-0.25, -0.2) is 0 Å². The fourth-order valence-corrected chi connectivity index (χ4v) is 3.25. The van der Waals surface area contributed by atoms with E-state index >= 15 is 0 Å². The first-order chi connectivity index (χ1) is 9.10. The number of nitrogens with two attached hydrogens (primary N) is 1. The third-order valence-electron chi connectivity index (χ3n) is 4.19. The van der Waals surface area contributed by atoms with E-state index in [9.17, 15) is 4.79 Å². The Morgan fingerprint density at radius 1 is 1.32 bits per heavy atom. The van der Waals surface area contributed by atoms with Crippen LogP contribution in [0.15, 0.2) is 24.3 Å². The van der Waals surface area contributed by atoms with Gasteiger partial charge < -0.3 is 10.6 Å². The molecule has 1 fully saturated rings. The minimum atomic E-state index is 0.145. The van der Waals surface area contributed by atoms with Crippen molar-refractivity contribution in [1.29, 1.82) is 0 Å². The lowest BCUT2D eigenvalue weighted by molar-refractivity contribution is -0.119. The van der Waals surface area contributed by atoms with Crippen LogP contribution in [0.2, 0.25) is 0 Å². The predicted molar refractivity (Wildman–Crippen MR) is 80.2 cm³/mol. The summed E-state index contributed by atoms with van der Waals surface area (Å²) < 4.78 is 0. The Labute approximate surface area is 118 Å². The average molecular weight is 274 g/mol. The molecule has 1 aliphatic heterocycles. The molecule has 0 radical (unpaired) electrons. The Balaban J connectivity index is 1.84. The Morgan fingerprint density at radius 3 is 2.74 bits per heavy atom. The summed E-state index contributed by atoms with van der Waals surface area (Å²) in [5.41, 5.74) is 8.17. The Bertz CT molecular complexity index is 537. The van der Waals surface area contributed by atoms with E-state index in [0.29, 0.717) is 11.4 Å². The summed E-state index contributed by atoms with van der Waals surface area (Å²) in [7, 11) is 0. The zero-order valence-electron chi connectivity index (χ0n) is 10.9. The summed E-state index contributed by atoms with van der Waals surface area (Å²) in [4.78, 5) is 14.7. The number of nitrogens with zero attached hydrogens (tertiary/aromatic N) is 1. The van der Waals surface area contributed by atoms with Crippen molar-refractivity contribution in [1.82, 2.24) is 0 Å². The van der Waals surface area contributed by atoms with Gasteiger partial charge in [0, 0.05) is 25.1 Å². The lowest BCUT2D eigenvalue weighted by Crippen LogP contribution is -2.40. The number of para-hydroxylation sites is 1. The molecule has 0 unspecified atom stereocenters. The SMILES string of the molecule is NC(=S)CC1(CN2C(=O)CCc3ccccc32)CC1. The Kier molecular flexibility index (Phi) is 3.05. The number of hydrogen-bond donors (Lipinski definition) is 1. The number of aryl methyl sites for hydroxylation is 1. The highest BCUT2D eigenvalue weighted by Crippen LogP contribution is 2.50. The second-order valence-electron chi connectivity index (χ2n) is 5.75. The predicted octanol–water partition coefficient (Wildman–Crippen LogP) is 2.42. The van der Waals surface area contributed by atoms with E-state index in [0.717, 1.165) is 37.9 Å². The summed E-state index contributed by atoms with van der Waals surface area (Å²) >= 11 is 5.03. The standard InChI is InChI=1S/C15H18N2OS/c16-13(19)9-15(7-8-15)10-17-12-4-2-1-3-11(12)5-6-14(17)18/h1-4H,5-10H2,(H2,16,19). The van der Waals surface area contributed by atoms with E-state index in [2.05, 4.69) is 6.07 Å². The number of carbonyl (C=O) groups is 1. The molecule has 1 aromatic carbocycles.